The number of ether oxygens (including phenoxy) is 1. The van der Waals surface area contributed by atoms with E-state index in [2.05, 4.69) is 36.4 Å². The molecule has 0 radical (unpaired) electrons. The van der Waals surface area contributed by atoms with Crippen molar-refractivity contribution in [1.29, 1.82) is 0 Å². The molecule has 134 valence electrons. The molecule has 0 aromatic carbocycles. The summed E-state index contributed by atoms with van der Waals surface area (Å²) >= 11 is 3.41. The van der Waals surface area contributed by atoms with Crippen LogP contribution in [0.5, 0.6) is 0 Å². The van der Waals surface area contributed by atoms with Crippen molar-refractivity contribution in [3.8, 4) is 11.5 Å². The number of halogens is 1. The van der Waals surface area contributed by atoms with Crippen LogP contribution >= 0.6 is 15.9 Å². The van der Waals surface area contributed by atoms with Crippen LogP contribution in [0.4, 0.5) is 10.5 Å². The number of anilines is 1. The molecule has 0 saturated heterocycles. The molecule has 0 unspecified atom stereocenters. The average Bonchev–Trinajstić information content (AvgIpc) is 2.98. The second-order valence-electron chi connectivity index (χ2n) is 5.69. The van der Waals surface area contributed by atoms with Crippen molar-refractivity contribution in [3.63, 3.8) is 0 Å². The molecular formula is C18H17BrN4O3. The number of aromatic nitrogens is 3. The minimum absolute atomic E-state index is 0.379. The fourth-order valence-corrected chi connectivity index (χ4v) is 2.56. The van der Waals surface area contributed by atoms with Gasteiger partial charge in [0.1, 0.15) is 23.2 Å². The van der Waals surface area contributed by atoms with E-state index in [1.807, 2.05) is 19.1 Å². The lowest BCUT2D eigenvalue weighted by Gasteiger charge is -2.14. The summed E-state index contributed by atoms with van der Waals surface area (Å²) in [6.07, 6.45) is 2.27. The van der Waals surface area contributed by atoms with Crippen LogP contribution in [0.15, 0.2) is 45.7 Å². The van der Waals surface area contributed by atoms with Gasteiger partial charge in [-0.3, -0.25) is 10.3 Å². The molecular weight excluding hydrogens is 400 g/mol. The molecule has 3 aromatic heterocycles. The predicted molar refractivity (Wildman–Crippen MR) is 99.7 cm³/mol. The number of pyridine rings is 2. The highest BCUT2D eigenvalue weighted by Gasteiger charge is 2.21. The summed E-state index contributed by atoms with van der Waals surface area (Å²) in [7, 11) is 0. The van der Waals surface area contributed by atoms with E-state index < -0.39 is 12.2 Å². The summed E-state index contributed by atoms with van der Waals surface area (Å²) < 4.78 is 11.7. The van der Waals surface area contributed by atoms with Crippen LogP contribution in [-0.2, 0) is 4.74 Å². The quantitative estimate of drug-likeness (QED) is 0.655. The lowest BCUT2D eigenvalue weighted by Crippen LogP contribution is -2.16. The molecule has 0 saturated carbocycles. The summed E-state index contributed by atoms with van der Waals surface area (Å²) in [4.78, 5) is 20.8. The SMILES string of the molecule is Cc1nc(-c2onc(C)c2NC(=O)O[C@H](C)c2cccnc2)ccc1Br. The number of nitrogens with zero attached hydrogens (tertiary/aromatic N) is 3. The van der Waals surface area contributed by atoms with Gasteiger partial charge in [0, 0.05) is 22.4 Å². The second kappa shape index (κ2) is 7.65. The standard InChI is InChI=1S/C18H17BrN4O3/c1-10-14(19)6-7-15(21-10)17-16(11(2)23-26-17)22-18(24)25-12(3)13-5-4-8-20-9-13/h4-9,12H,1-3H3,(H,22,24)/t12-/m1/s1. The third-order valence-corrected chi connectivity index (χ3v) is 4.62. The van der Waals surface area contributed by atoms with E-state index in [0.717, 1.165) is 15.7 Å². The molecule has 0 aliphatic heterocycles. The zero-order valence-corrected chi connectivity index (χ0v) is 16.1. The number of amides is 1. The molecule has 0 aliphatic carbocycles. The van der Waals surface area contributed by atoms with Crippen LogP contribution in [0.1, 0.15) is 30.0 Å². The van der Waals surface area contributed by atoms with Gasteiger partial charge in [-0.1, -0.05) is 11.2 Å². The molecule has 0 spiro atoms. The molecule has 0 fully saturated rings. The monoisotopic (exact) mass is 416 g/mol. The minimum atomic E-state index is -0.609. The van der Waals surface area contributed by atoms with E-state index in [9.17, 15) is 4.79 Å². The van der Waals surface area contributed by atoms with Crippen molar-refractivity contribution < 1.29 is 14.1 Å². The van der Waals surface area contributed by atoms with Crippen molar-refractivity contribution in [3.05, 3.63) is 58.1 Å². The molecule has 7 nitrogen and oxygen atoms in total. The van der Waals surface area contributed by atoms with E-state index in [0.29, 0.717) is 22.8 Å². The second-order valence-corrected chi connectivity index (χ2v) is 6.55. The highest BCUT2D eigenvalue weighted by molar-refractivity contribution is 9.10. The van der Waals surface area contributed by atoms with Crippen molar-refractivity contribution in [2.75, 3.05) is 5.32 Å². The molecule has 3 aromatic rings. The number of nitrogens with one attached hydrogen (secondary N) is 1. The van der Waals surface area contributed by atoms with Crippen LogP contribution in [0.3, 0.4) is 0 Å². The van der Waals surface area contributed by atoms with Crippen LogP contribution in [0.2, 0.25) is 0 Å². The Morgan fingerprint density at radius 3 is 2.77 bits per heavy atom. The first-order valence-corrected chi connectivity index (χ1v) is 8.72. The Hall–Kier alpha value is -2.74. The van der Waals surface area contributed by atoms with Crippen molar-refractivity contribution in [2.45, 2.75) is 26.9 Å². The Morgan fingerprint density at radius 1 is 1.27 bits per heavy atom. The molecule has 8 heteroatoms. The van der Waals surface area contributed by atoms with E-state index >= 15 is 0 Å². The van der Waals surface area contributed by atoms with Crippen molar-refractivity contribution >= 4 is 27.7 Å². The van der Waals surface area contributed by atoms with Crippen LogP contribution in [0.25, 0.3) is 11.5 Å². The summed E-state index contributed by atoms with van der Waals surface area (Å²) in [6, 6.07) is 7.28. The number of carbonyl (C=O) groups excluding carboxylic acids is 1. The summed E-state index contributed by atoms with van der Waals surface area (Å²) in [6.45, 7) is 5.38. The predicted octanol–water partition coefficient (Wildman–Crippen LogP) is 4.82. The zero-order chi connectivity index (χ0) is 18.7. The van der Waals surface area contributed by atoms with Gasteiger partial charge < -0.3 is 9.26 Å². The van der Waals surface area contributed by atoms with Gasteiger partial charge in [0.05, 0.1) is 5.69 Å². The summed E-state index contributed by atoms with van der Waals surface area (Å²) in [5.74, 6) is 0.379. The van der Waals surface area contributed by atoms with Crippen molar-refractivity contribution in [1.82, 2.24) is 15.1 Å². The molecule has 0 aliphatic rings. The number of hydrogen-bond acceptors (Lipinski definition) is 6. The minimum Gasteiger partial charge on any atom is -0.441 e. The fraction of sp³-hybridized carbons (Fsp3) is 0.222. The van der Waals surface area contributed by atoms with Crippen LogP contribution < -0.4 is 5.32 Å². The first-order chi connectivity index (χ1) is 12.5. The van der Waals surface area contributed by atoms with Crippen molar-refractivity contribution in [2.24, 2.45) is 0 Å². The molecule has 1 N–H and O–H groups in total. The summed E-state index contributed by atoms with van der Waals surface area (Å²) in [5.41, 5.74) is 3.14. The third kappa shape index (κ3) is 3.91. The van der Waals surface area contributed by atoms with E-state index in [1.165, 1.54) is 0 Å². The van der Waals surface area contributed by atoms with Gasteiger partial charge in [0.15, 0.2) is 0 Å². The van der Waals surface area contributed by atoms with Gasteiger partial charge in [0.2, 0.25) is 5.76 Å². The molecule has 1 amide bonds. The Morgan fingerprint density at radius 2 is 2.08 bits per heavy atom. The maximum absolute atomic E-state index is 12.3. The highest BCUT2D eigenvalue weighted by Crippen LogP contribution is 2.31. The topological polar surface area (TPSA) is 90.1 Å². The first kappa shape index (κ1) is 18.1. The smallest absolute Gasteiger partial charge is 0.412 e. The molecule has 3 rings (SSSR count). The van der Waals surface area contributed by atoms with E-state index in [4.69, 9.17) is 9.26 Å². The number of aryl methyl sites for hydroxylation is 2. The van der Waals surface area contributed by atoms with Crippen LogP contribution in [-0.4, -0.2) is 21.2 Å². The number of hydrogen-bond donors (Lipinski definition) is 1. The van der Waals surface area contributed by atoms with Gasteiger partial charge in [-0.25, -0.2) is 9.78 Å². The molecule has 0 bridgehead atoms. The molecule has 1 atom stereocenters. The maximum atomic E-state index is 12.3. The largest absolute Gasteiger partial charge is 0.441 e. The fourth-order valence-electron chi connectivity index (χ4n) is 2.34. The zero-order valence-electron chi connectivity index (χ0n) is 14.5. The number of carbonyl (C=O) groups is 1. The van der Waals surface area contributed by atoms with E-state index in [-0.39, 0.29) is 0 Å². The highest BCUT2D eigenvalue weighted by atomic mass is 79.9. The lowest BCUT2D eigenvalue weighted by molar-refractivity contribution is 0.121. The van der Waals surface area contributed by atoms with Gasteiger partial charge in [-0.2, -0.15) is 0 Å². The van der Waals surface area contributed by atoms with Gasteiger partial charge >= 0.3 is 6.09 Å². The lowest BCUT2D eigenvalue weighted by atomic mass is 10.2. The Labute approximate surface area is 158 Å². The summed E-state index contributed by atoms with van der Waals surface area (Å²) in [5, 5.41) is 6.63. The third-order valence-electron chi connectivity index (χ3n) is 3.78. The average molecular weight is 417 g/mol. The molecule has 3 heterocycles. The van der Waals surface area contributed by atoms with Gasteiger partial charge in [-0.05, 0) is 54.9 Å². The Kier molecular flexibility index (Phi) is 5.32. The van der Waals surface area contributed by atoms with Gasteiger partial charge in [-0.15, -0.1) is 0 Å². The normalized spacial score (nSPS) is 11.8. The van der Waals surface area contributed by atoms with E-state index in [1.54, 1.807) is 38.4 Å². The van der Waals surface area contributed by atoms with Crippen LogP contribution in [0, 0.1) is 13.8 Å². The first-order valence-electron chi connectivity index (χ1n) is 7.93. The molecule has 26 heavy (non-hydrogen) atoms. The van der Waals surface area contributed by atoms with Gasteiger partial charge in [0.25, 0.3) is 0 Å². The Bertz CT molecular complexity index is 927. The Balaban J connectivity index is 1.78. The maximum Gasteiger partial charge on any atom is 0.412 e. The number of rotatable bonds is 4.